The second-order valence-electron chi connectivity index (χ2n) is 7.49. The van der Waals surface area contributed by atoms with Gasteiger partial charge in [-0.2, -0.15) is 0 Å². The molecule has 0 aliphatic carbocycles. The highest BCUT2D eigenvalue weighted by atomic mass is 19.1. The first kappa shape index (κ1) is 22.4. The molecule has 2 aromatic rings. The Kier molecular flexibility index (Phi) is 7.75. The Labute approximate surface area is 169 Å². The van der Waals surface area contributed by atoms with Crippen molar-refractivity contribution in [2.24, 2.45) is 5.92 Å². The molecular formula is C21H29FN4O3. The Morgan fingerprint density at radius 2 is 1.97 bits per heavy atom. The molecule has 0 spiro atoms. The molecule has 8 heteroatoms. The Balaban J connectivity index is 2.49. The highest BCUT2D eigenvalue weighted by Crippen LogP contribution is 2.20. The minimum absolute atomic E-state index is 0.0437. The number of H-pyrrole nitrogens is 1. The summed E-state index contributed by atoms with van der Waals surface area (Å²) in [5, 5.41) is 0. The van der Waals surface area contributed by atoms with Crippen LogP contribution >= 0.6 is 0 Å². The van der Waals surface area contributed by atoms with E-state index in [2.05, 4.69) is 4.98 Å². The molecule has 7 nitrogen and oxygen atoms in total. The summed E-state index contributed by atoms with van der Waals surface area (Å²) in [5.74, 6) is -0.712. The summed E-state index contributed by atoms with van der Waals surface area (Å²) in [4.78, 5) is 41.4. The lowest BCUT2D eigenvalue weighted by Crippen LogP contribution is -2.42. The highest BCUT2D eigenvalue weighted by Gasteiger charge is 2.25. The quantitative estimate of drug-likeness (QED) is 0.671. The highest BCUT2D eigenvalue weighted by molar-refractivity contribution is 5.96. The standard InChI is InChI=1S/C21H29FN4O3/c1-4-5-11-26-19(23)18(20(28)24-21(26)29)25(12-10-14(2)3)17(27)13-15-8-6-7-9-16(15)22/h6-9,14H,4-5,10-13,23H2,1-3H3,(H,24,28,29). The summed E-state index contributed by atoms with van der Waals surface area (Å²) in [6, 6.07) is 6.01. The third-order valence-electron chi connectivity index (χ3n) is 4.75. The largest absolute Gasteiger partial charge is 0.383 e. The molecule has 0 saturated heterocycles. The first-order chi connectivity index (χ1) is 13.8. The molecule has 1 heterocycles. The van der Waals surface area contributed by atoms with E-state index in [1.165, 1.54) is 21.6 Å². The summed E-state index contributed by atoms with van der Waals surface area (Å²) in [7, 11) is 0. The van der Waals surface area contributed by atoms with Crippen molar-refractivity contribution in [3.63, 3.8) is 0 Å². The van der Waals surface area contributed by atoms with Gasteiger partial charge in [0.05, 0.1) is 6.42 Å². The number of aromatic nitrogens is 2. The fourth-order valence-corrected chi connectivity index (χ4v) is 3.03. The molecule has 0 bridgehead atoms. The first-order valence-corrected chi connectivity index (χ1v) is 9.92. The maximum absolute atomic E-state index is 14.0. The molecule has 1 aromatic carbocycles. The summed E-state index contributed by atoms with van der Waals surface area (Å²) in [5.41, 5.74) is 5.03. The zero-order chi connectivity index (χ0) is 21.6. The van der Waals surface area contributed by atoms with Crippen molar-refractivity contribution in [3.05, 3.63) is 56.5 Å². The summed E-state index contributed by atoms with van der Waals surface area (Å²) in [6.45, 7) is 6.54. The number of anilines is 2. The van der Waals surface area contributed by atoms with E-state index in [0.29, 0.717) is 19.4 Å². The molecule has 158 valence electrons. The normalized spacial score (nSPS) is 11.1. The van der Waals surface area contributed by atoms with Crippen LogP contribution in [-0.4, -0.2) is 22.0 Å². The van der Waals surface area contributed by atoms with Crippen LogP contribution in [0.3, 0.4) is 0 Å². The number of carbonyl (C=O) groups excluding carboxylic acids is 1. The van der Waals surface area contributed by atoms with Gasteiger partial charge in [0.25, 0.3) is 5.56 Å². The number of benzene rings is 1. The predicted molar refractivity (Wildman–Crippen MR) is 113 cm³/mol. The summed E-state index contributed by atoms with van der Waals surface area (Å²) < 4.78 is 15.3. The van der Waals surface area contributed by atoms with Gasteiger partial charge in [-0.3, -0.25) is 19.1 Å². The minimum atomic E-state index is -0.717. The molecule has 1 amide bonds. The van der Waals surface area contributed by atoms with Crippen LogP contribution in [0.1, 0.15) is 45.6 Å². The van der Waals surface area contributed by atoms with Crippen molar-refractivity contribution < 1.29 is 9.18 Å². The van der Waals surface area contributed by atoms with E-state index >= 15 is 0 Å². The van der Waals surface area contributed by atoms with Gasteiger partial charge >= 0.3 is 5.69 Å². The minimum Gasteiger partial charge on any atom is -0.383 e. The lowest BCUT2D eigenvalue weighted by molar-refractivity contribution is -0.118. The molecule has 0 unspecified atom stereocenters. The molecule has 0 aliphatic rings. The molecule has 0 radical (unpaired) electrons. The molecule has 0 saturated carbocycles. The van der Waals surface area contributed by atoms with Crippen LogP contribution in [0.4, 0.5) is 15.9 Å². The number of nitrogens with one attached hydrogen (secondary N) is 1. The van der Waals surface area contributed by atoms with E-state index in [1.54, 1.807) is 12.1 Å². The first-order valence-electron chi connectivity index (χ1n) is 9.92. The van der Waals surface area contributed by atoms with Crippen molar-refractivity contribution in [1.82, 2.24) is 9.55 Å². The van der Waals surface area contributed by atoms with Crippen LogP contribution in [0.15, 0.2) is 33.9 Å². The van der Waals surface area contributed by atoms with Gasteiger partial charge in [-0.05, 0) is 30.4 Å². The van der Waals surface area contributed by atoms with Gasteiger partial charge in [0, 0.05) is 13.1 Å². The second-order valence-corrected chi connectivity index (χ2v) is 7.49. The number of amides is 1. The SMILES string of the molecule is CCCCn1c(N)c(N(CCC(C)C)C(=O)Cc2ccccc2F)c(=O)[nH]c1=O. The molecule has 29 heavy (non-hydrogen) atoms. The second kappa shape index (κ2) is 10.0. The maximum atomic E-state index is 14.0. The van der Waals surface area contributed by atoms with E-state index in [1.807, 2.05) is 20.8 Å². The number of carbonyl (C=O) groups is 1. The summed E-state index contributed by atoms with van der Waals surface area (Å²) >= 11 is 0. The van der Waals surface area contributed by atoms with E-state index in [9.17, 15) is 18.8 Å². The number of nitrogens with two attached hydrogens (primary N) is 1. The number of hydrogen-bond acceptors (Lipinski definition) is 4. The van der Waals surface area contributed by atoms with Crippen molar-refractivity contribution in [1.29, 1.82) is 0 Å². The number of halogens is 1. The lowest BCUT2D eigenvalue weighted by atomic mass is 10.1. The maximum Gasteiger partial charge on any atom is 0.330 e. The van der Waals surface area contributed by atoms with Gasteiger partial charge in [-0.1, -0.05) is 45.4 Å². The summed E-state index contributed by atoms with van der Waals surface area (Å²) in [6.07, 6.45) is 1.95. The molecule has 3 N–H and O–H groups in total. The Hall–Kier alpha value is -2.90. The van der Waals surface area contributed by atoms with Gasteiger partial charge in [-0.25, -0.2) is 9.18 Å². The predicted octanol–water partition coefficient (Wildman–Crippen LogP) is 2.68. The Morgan fingerprint density at radius 3 is 2.59 bits per heavy atom. The van der Waals surface area contributed by atoms with E-state index in [4.69, 9.17) is 5.73 Å². The third kappa shape index (κ3) is 5.56. The van der Waals surface area contributed by atoms with E-state index in [0.717, 1.165) is 6.42 Å². The van der Waals surface area contributed by atoms with Gasteiger partial charge in [0.15, 0.2) is 5.69 Å². The number of aromatic amines is 1. The van der Waals surface area contributed by atoms with Crippen LogP contribution in [0.5, 0.6) is 0 Å². The van der Waals surface area contributed by atoms with Crippen molar-refractivity contribution in [2.45, 2.75) is 53.0 Å². The van der Waals surface area contributed by atoms with E-state index in [-0.39, 0.29) is 36.0 Å². The van der Waals surface area contributed by atoms with Crippen molar-refractivity contribution >= 4 is 17.4 Å². The molecule has 0 aliphatic heterocycles. The van der Waals surface area contributed by atoms with Crippen LogP contribution in [0.2, 0.25) is 0 Å². The Bertz CT molecular complexity index is 965. The van der Waals surface area contributed by atoms with Crippen LogP contribution < -0.4 is 21.9 Å². The average Bonchev–Trinajstić information content (AvgIpc) is 2.65. The zero-order valence-electron chi connectivity index (χ0n) is 17.2. The number of hydrogen-bond donors (Lipinski definition) is 2. The van der Waals surface area contributed by atoms with Crippen LogP contribution in [0, 0.1) is 11.7 Å². The molecule has 0 fully saturated rings. The fourth-order valence-electron chi connectivity index (χ4n) is 3.03. The van der Waals surface area contributed by atoms with Crippen LogP contribution in [-0.2, 0) is 17.8 Å². The lowest BCUT2D eigenvalue weighted by Gasteiger charge is -2.25. The van der Waals surface area contributed by atoms with Crippen LogP contribution in [0.25, 0.3) is 0 Å². The van der Waals surface area contributed by atoms with Gasteiger partial charge < -0.3 is 10.6 Å². The number of nitrogen functional groups attached to an aromatic ring is 1. The fraction of sp³-hybridized carbons (Fsp3) is 0.476. The third-order valence-corrected chi connectivity index (χ3v) is 4.75. The topological polar surface area (TPSA) is 101 Å². The van der Waals surface area contributed by atoms with Gasteiger partial charge in [-0.15, -0.1) is 0 Å². The molecule has 1 aromatic heterocycles. The number of unbranched alkanes of at least 4 members (excludes halogenated alkanes) is 1. The number of nitrogens with zero attached hydrogens (tertiary/aromatic N) is 2. The van der Waals surface area contributed by atoms with Crippen molar-refractivity contribution in [3.8, 4) is 0 Å². The zero-order valence-corrected chi connectivity index (χ0v) is 17.2. The van der Waals surface area contributed by atoms with E-state index < -0.39 is 23.0 Å². The Morgan fingerprint density at radius 1 is 1.28 bits per heavy atom. The monoisotopic (exact) mass is 404 g/mol. The smallest absolute Gasteiger partial charge is 0.330 e. The number of rotatable bonds is 9. The molecular weight excluding hydrogens is 375 g/mol. The van der Waals surface area contributed by atoms with Gasteiger partial charge in [0.2, 0.25) is 5.91 Å². The van der Waals surface area contributed by atoms with Crippen molar-refractivity contribution in [2.75, 3.05) is 17.2 Å². The average molecular weight is 404 g/mol. The molecule has 2 rings (SSSR count). The van der Waals surface area contributed by atoms with Gasteiger partial charge in [0.1, 0.15) is 11.6 Å². The molecule has 0 atom stereocenters.